The Morgan fingerprint density at radius 3 is 2.80 bits per heavy atom. The van der Waals surface area contributed by atoms with Crippen LogP contribution < -0.4 is 10.1 Å². The van der Waals surface area contributed by atoms with Crippen molar-refractivity contribution in [1.29, 1.82) is 0 Å². The third kappa shape index (κ3) is 4.47. The van der Waals surface area contributed by atoms with E-state index in [1.165, 1.54) is 6.42 Å². The molecule has 0 radical (unpaired) electrons. The fourth-order valence-corrected chi connectivity index (χ4v) is 4.31. The molecule has 1 aromatic heterocycles. The second kappa shape index (κ2) is 9.28. The second-order valence-electron chi connectivity index (χ2n) is 8.02. The third-order valence-electron chi connectivity index (χ3n) is 5.83. The molecule has 2 amide bonds. The number of nitrogens with one attached hydrogen (secondary N) is 1. The summed E-state index contributed by atoms with van der Waals surface area (Å²) in [5.41, 5.74) is 0. The molecule has 3 heterocycles. The van der Waals surface area contributed by atoms with Gasteiger partial charge in [0.15, 0.2) is 12.4 Å². The van der Waals surface area contributed by atoms with Crippen LogP contribution in [0.5, 0.6) is 5.75 Å². The molecule has 1 aromatic carbocycles. The van der Waals surface area contributed by atoms with Gasteiger partial charge in [0.1, 0.15) is 17.6 Å². The van der Waals surface area contributed by atoms with E-state index >= 15 is 0 Å². The normalized spacial score (nSPS) is 19.6. The molecule has 1 saturated heterocycles. The van der Waals surface area contributed by atoms with Crippen LogP contribution in [-0.4, -0.2) is 50.7 Å². The first-order valence-corrected chi connectivity index (χ1v) is 10.8. The summed E-state index contributed by atoms with van der Waals surface area (Å²) in [6.45, 7) is 3.19. The van der Waals surface area contributed by atoms with E-state index in [0.717, 1.165) is 50.3 Å². The van der Waals surface area contributed by atoms with Crippen LogP contribution in [0, 0.1) is 0 Å². The topological polar surface area (TPSA) is 89.3 Å². The number of benzene rings is 1. The predicted octanol–water partition coefficient (Wildman–Crippen LogP) is 2.25. The van der Waals surface area contributed by atoms with E-state index in [-0.39, 0.29) is 24.5 Å². The van der Waals surface area contributed by atoms with Crippen molar-refractivity contribution in [2.24, 2.45) is 0 Å². The molecule has 2 aliphatic heterocycles. The number of hydrogen-bond donors (Lipinski definition) is 1. The Hall–Kier alpha value is -2.90. The van der Waals surface area contributed by atoms with Crippen molar-refractivity contribution in [3.05, 3.63) is 42.0 Å². The van der Waals surface area contributed by atoms with E-state index in [4.69, 9.17) is 4.74 Å². The van der Waals surface area contributed by atoms with Crippen LogP contribution in [0.1, 0.15) is 56.7 Å². The molecular formula is C22H29N5O3. The van der Waals surface area contributed by atoms with E-state index < -0.39 is 6.04 Å². The Balaban J connectivity index is 1.37. The van der Waals surface area contributed by atoms with E-state index in [9.17, 15) is 9.59 Å². The first-order chi connectivity index (χ1) is 14.6. The van der Waals surface area contributed by atoms with Gasteiger partial charge in [-0.15, -0.1) is 10.2 Å². The van der Waals surface area contributed by atoms with Crippen molar-refractivity contribution in [3.8, 4) is 5.75 Å². The number of nitrogens with zero attached hydrogens (tertiary/aromatic N) is 4. The fourth-order valence-electron chi connectivity index (χ4n) is 4.31. The summed E-state index contributed by atoms with van der Waals surface area (Å²) in [5, 5.41) is 11.6. The average Bonchev–Trinajstić information content (AvgIpc) is 3.33. The van der Waals surface area contributed by atoms with Crippen LogP contribution in [0.15, 0.2) is 30.3 Å². The van der Waals surface area contributed by atoms with Crippen molar-refractivity contribution in [3.63, 3.8) is 0 Å². The quantitative estimate of drug-likeness (QED) is 0.788. The zero-order valence-corrected chi connectivity index (χ0v) is 17.4. The molecule has 30 heavy (non-hydrogen) atoms. The molecule has 8 heteroatoms. The van der Waals surface area contributed by atoms with Crippen molar-refractivity contribution >= 4 is 11.8 Å². The van der Waals surface area contributed by atoms with Gasteiger partial charge < -0.3 is 19.5 Å². The highest BCUT2D eigenvalue weighted by atomic mass is 16.5. The van der Waals surface area contributed by atoms with Crippen LogP contribution in [0.3, 0.4) is 0 Å². The molecule has 0 bridgehead atoms. The van der Waals surface area contributed by atoms with E-state index in [1.807, 2.05) is 23.1 Å². The first kappa shape index (κ1) is 20.4. The predicted molar refractivity (Wildman–Crippen MR) is 111 cm³/mol. The van der Waals surface area contributed by atoms with Gasteiger partial charge in [0, 0.05) is 19.5 Å². The minimum absolute atomic E-state index is 0.0724. The standard InChI is InChI=1S/C22H29N5O3/c1-16(23-20(28)15-30-17-9-4-2-5-10-17)22(29)26-14-8-11-18(26)21-25-24-19-12-6-3-7-13-27(19)21/h2,4-5,9-10,16,18H,3,6-8,11-15H2,1H3,(H,23,28). The number of amides is 2. The van der Waals surface area contributed by atoms with Gasteiger partial charge in [-0.05, 0) is 44.7 Å². The summed E-state index contributed by atoms with van der Waals surface area (Å²) in [7, 11) is 0. The highest BCUT2D eigenvalue weighted by molar-refractivity contribution is 5.88. The summed E-state index contributed by atoms with van der Waals surface area (Å²) in [5.74, 6) is 2.15. The number of aromatic nitrogens is 3. The number of fused-ring (bicyclic) bond motifs is 1. The zero-order chi connectivity index (χ0) is 20.9. The molecule has 0 saturated carbocycles. The summed E-state index contributed by atoms with van der Waals surface area (Å²) < 4.78 is 7.68. The molecule has 2 aromatic rings. The first-order valence-electron chi connectivity index (χ1n) is 10.8. The minimum Gasteiger partial charge on any atom is -0.484 e. The number of carbonyl (C=O) groups is 2. The van der Waals surface area contributed by atoms with E-state index in [0.29, 0.717) is 12.3 Å². The van der Waals surface area contributed by atoms with Crippen molar-refractivity contribution in [1.82, 2.24) is 25.0 Å². The monoisotopic (exact) mass is 411 g/mol. The second-order valence-corrected chi connectivity index (χ2v) is 8.02. The summed E-state index contributed by atoms with van der Waals surface area (Å²) in [6, 6.07) is 8.46. The van der Waals surface area contributed by atoms with Crippen LogP contribution in [-0.2, 0) is 22.6 Å². The Bertz CT molecular complexity index is 882. The Labute approximate surface area is 176 Å². The SMILES string of the molecule is CC(NC(=O)COc1ccccc1)C(=O)N1CCCC1c1nnc2n1CCCCC2. The molecule has 160 valence electrons. The van der Waals surface area contributed by atoms with Gasteiger partial charge in [0.2, 0.25) is 5.91 Å². The molecule has 2 unspecified atom stereocenters. The molecule has 4 rings (SSSR count). The maximum atomic E-state index is 13.1. The molecule has 2 atom stereocenters. The maximum absolute atomic E-state index is 13.1. The zero-order valence-electron chi connectivity index (χ0n) is 17.4. The lowest BCUT2D eigenvalue weighted by molar-refractivity contribution is -0.137. The van der Waals surface area contributed by atoms with Gasteiger partial charge in [0.05, 0.1) is 6.04 Å². The highest BCUT2D eigenvalue weighted by Gasteiger charge is 2.36. The van der Waals surface area contributed by atoms with Crippen LogP contribution >= 0.6 is 0 Å². The van der Waals surface area contributed by atoms with Gasteiger partial charge in [-0.3, -0.25) is 9.59 Å². The van der Waals surface area contributed by atoms with E-state index in [1.54, 1.807) is 19.1 Å². The molecule has 1 fully saturated rings. The van der Waals surface area contributed by atoms with Crippen molar-refractivity contribution in [2.45, 2.75) is 64.1 Å². The number of likely N-dealkylation sites (tertiary alicyclic amines) is 1. The fraction of sp³-hybridized carbons (Fsp3) is 0.545. The van der Waals surface area contributed by atoms with Crippen molar-refractivity contribution < 1.29 is 14.3 Å². The molecule has 2 aliphatic rings. The lowest BCUT2D eigenvalue weighted by Gasteiger charge is -2.27. The molecule has 1 N–H and O–H groups in total. The smallest absolute Gasteiger partial charge is 0.258 e. The van der Waals surface area contributed by atoms with Gasteiger partial charge in [-0.25, -0.2) is 0 Å². The molecule has 8 nitrogen and oxygen atoms in total. The Morgan fingerprint density at radius 2 is 1.97 bits per heavy atom. The summed E-state index contributed by atoms with van der Waals surface area (Å²) >= 11 is 0. The average molecular weight is 412 g/mol. The Morgan fingerprint density at radius 1 is 1.13 bits per heavy atom. The van der Waals surface area contributed by atoms with Crippen LogP contribution in [0.2, 0.25) is 0 Å². The van der Waals surface area contributed by atoms with Gasteiger partial charge >= 0.3 is 0 Å². The molecular weight excluding hydrogens is 382 g/mol. The Kier molecular flexibility index (Phi) is 6.30. The van der Waals surface area contributed by atoms with Gasteiger partial charge in [0.25, 0.3) is 5.91 Å². The molecule has 0 aliphatic carbocycles. The number of ether oxygens (including phenoxy) is 1. The molecule has 0 spiro atoms. The lowest BCUT2D eigenvalue weighted by Crippen LogP contribution is -2.48. The number of para-hydroxylation sites is 1. The number of aryl methyl sites for hydroxylation is 1. The van der Waals surface area contributed by atoms with Crippen molar-refractivity contribution in [2.75, 3.05) is 13.2 Å². The maximum Gasteiger partial charge on any atom is 0.258 e. The summed E-state index contributed by atoms with van der Waals surface area (Å²) in [4.78, 5) is 27.2. The minimum atomic E-state index is -0.621. The lowest BCUT2D eigenvalue weighted by atomic mass is 10.2. The van der Waals surface area contributed by atoms with E-state index in [2.05, 4.69) is 20.1 Å². The van der Waals surface area contributed by atoms with Gasteiger partial charge in [-0.2, -0.15) is 0 Å². The highest BCUT2D eigenvalue weighted by Crippen LogP contribution is 2.32. The summed E-state index contributed by atoms with van der Waals surface area (Å²) in [6.07, 6.45) is 6.20. The number of rotatable bonds is 6. The number of hydrogen-bond acceptors (Lipinski definition) is 5. The number of carbonyl (C=O) groups excluding carboxylic acids is 2. The van der Waals surface area contributed by atoms with Gasteiger partial charge in [-0.1, -0.05) is 24.6 Å². The van der Waals surface area contributed by atoms with Crippen LogP contribution in [0.4, 0.5) is 0 Å². The largest absolute Gasteiger partial charge is 0.484 e. The van der Waals surface area contributed by atoms with Crippen LogP contribution in [0.25, 0.3) is 0 Å². The third-order valence-corrected chi connectivity index (χ3v) is 5.83.